The highest BCUT2D eigenvalue weighted by Crippen LogP contribution is 2.16. The van der Waals surface area contributed by atoms with Gasteiger partial charge in [0.05, 0.1) is 6.61 Å². The third-order valence-electron chi connectivity index (χ3n) is 3.05. The molecule has 0 aliphatic heterocycles. The number of fused-ring (bicyclic) bond motifs is 1. The van der Waals surface area contributed by atoms with Crippen LogP contribution in [0.25, 0.3) is 10.9 Å². The lowest BCUT2D eigenvalue weighted by Crippen LogP contribution is -2.36. The van der Waals surface area contributed by atoms with Gasteiger partial charge in [-0.1, -0.05) is 18.2 Å². The molecule has 0 aliphatic rings. The van der Waals surface area contributed by atoms with Crippen molar-refractivity contribution in [2.45, 2.75) is 13.8 Å². The fourth-order valence-electron chi connectivity index (χ4n) is 2.05. The minimum atomic E-state index is -0.390. The SMILES string of the molecule is CCOC(=O)CN(CC)C(=O)c1cc2ccccc2[nH]1. The smallest absolute Gasteiger partial charge is 0.325 e. The molecule has 0 saturated heterocycles. The Morgan fingerprint density at radius 3 is 2.65 bits per heavy atom. The molecule has 1 amide bonds. The van der Waals surface area contributed by atoms with Crippen molar-refractivity contribution in [3.05, 3.63) is 36.0 Å². The van der Waals surface area contributed by atoms with Crippen LogP contribution >= 0.6 is 0 Å². The fraction of sp³-hybridized carbons (Fsp3) is 0.333. The first-order valence-corrected chi connectivity index (χ1v) is 6.68. The maximum Gasteiger partial charge on any atom is 0.325 e. The molecule has 0 atom stereocenters. The number of aromatic nitrogens is 1. The molecule has 0 saturated carbocycles. The second kappa shape index (κ2) is 6.23. The number of rotatable bonds is 5. The zero-order valence-electron chi connectivity index (χ0n) is 11.7. The van der Waals surface area contributed by atoms with Crippen LogP contribution in [0.4, 0.5) is 0 Å². The summed E-state index contributed by atoms with van der Waals surface area (Å²) in [6, 6.07) is 9.47. The number of nitrogens with one attached hydrogen (secondary N) is 1. The fourth-order valence-corrected chi connectivity index (χ4v) is 2.05. The Kier molecular flexibility index (Phi) is 4.40. The topological polar surface area (TPSA) is 62.4 Å². The van der Waals surface area contributed by atoms with Gasteiger partial charge in [0.1, 0.15) is 12.2 Å². The summed E-state index contributed by atoms with van der Waals surface area (Å²) in [6.07, 6.45) is 0. The molecule has 0 spiro atoms. The zero-order chi connectivity index (χ0) is 14.5. The Bertz CT molecular complexity index is 585. The first-order valence-electron chi connectivity index (χ1n) is 6.68. The number of amides is 1. The number of aromatic amines is 1. The lowest BCUT2D eigenvalue weighted by molar-refractivity contribution is -0.143. The first-order chi connectivity index (χ1) is 9.65. The molecule has 0 fully saturated rings. The van der Waals surface area contributed by atoms with Crippen LogP contribution in [0.15, 0.2) is 30.3 Å². The van der Waals surface area contributed by atoms with Crippen molar-refractivity contribution in [1.82, 2.24) is 9.88 Å². The molecular weight excluding hydrogens is 256 g/mol. The minimum Gasteiger partial charge on any atom is -0.465 e. The number of hydrogen-bond donors (Lipinski definition) is 1. The van der Waals surface area contributed by atoms with E-state index in [1.807, 2.05) is 31.2 Å². The Balaban J connectivity index is 2.17. The highest BCUT2D eigenvalue weighted by atomic mass is 16.5. The van der Waals surface area contributed by atoms with Gasteiger partial charge in [0.15, 0.2) is 0 Å². The molecule has 0 bridgehead atoms. The van der Waals surface area contributed by atoms with Crippen LogP contribution in [0.5, 0.6) is 0 Å². The van der Waals surface area contributed by atoms with E-state index in [1.165, 1.54) is 4.90 Å². The average Bonchev–Trinajstić information content (AvgIpc) is 2.88. The molecule has 0 radical (unpaired) electrons. The van der Waals surface area contributed by atoms with E-state index in [1.54, 1.807) is 13.0 Å². The summed E-state index contributed by atoms with van der Waals surface area (Å²) in [5, 5.41) is 0.975. The van der Waals surface area contributed by atoms with Gasteiger partial charge in [-0.25, -0.2) is 0 Å². The standard InChI is InChI=1S/C15H18N2O3/c1-3-17(10-14(18)20-4-2)15(19)13-9-11-7-5-6-8-12(11)16-13/h5-9,16H,3-4,10H2,1-2H3. The van der Waals surface area contributed by atoms with Gasteiger partial charge >= 0.3 is 5.97 Å². The van der Waals surface area contributed by atoms with Crippen molar-refractivity contribution in [3.8, 4) is 0 Å². The van der Waals surface area contributed by atoms with Crippen LogP contribution in [0.1, 0.15) is 24.3 Å². The van der Waals surface area contributed by atoms with E-state index in [0.717, 1.165) is 10.9 Å². The molecule has 5 nitrogen and oxygen atoms in total. The molecule has 106 valence electrons. The predicted molar refractivity (Wildman–Crippen MR) is 76.5 cm³/mol. The zero-order valence-corrected chi connectivity index (χ0v) is 11.7. The van der Waals surface area contributed by atoms with Gasteiger partial charge in [-0.3, -0.25) is 9.59 Å². The largest absolute Gasteiger partial charge is 0.465 e. The molecular formula is C15H18N2O3. The second-order valence-electron chi connectivity index (χ2n) is 4.39. The van der Waals surface area contributed by atoms with Gasteiger partial charge in [0.2, 0.25) is 0 Å². The van der Waals surface area contributed by atoms with Gasteiger partial charge in [-0.15, -0.1) is 0 Å². The van der Waals surface area contributed by atoms with Crippen LogP contribution in [0.3, 0.4) is 0 Å². The molecule has 5 heteroatoms. The van der Waals surface area contributed by atoms with E-state index < -0.39 is 0 Å². The van der Waals surface area contributed by atoms with Crippen LogP contribution in [-0.4, -0.2) is 41.5 Å². The summed E-state index contributed by atoms with van der Waals surface area (Å²) < 4.78 is 4.88. The molecule has 0 unspecified atom stereocenters. The Labute approximate surface area is 117 Å². The van der Waals surface area contributed by atoms with Gasteiger partial charge in [-0.05, 0) is 26.0 Å². The number of nitrogens with zero attached hydrogens (tertiary/aromatic N) is 1. The Morgan fingerprint density at radius 2 is 2.00 bits per heavy atom. The van der Waals surface area contributed by atoms with E-state index in [9.17, 15) is 9.59 Å². The number of likely N-dealkylation sites (N-methyl/N-ethyl adjacent to an activating group) is 1. The summed E-state index contributed by atoms with van der Waals surface area (Å²) >= 11 is 0. The third-order valence-corrected chi connectivity index (χ3v) is 3.05. The van der Waals surface area contributed by atoms with E-state index >= 15 is 0 Å². The van der Waals surface area contributed by atoms with Crippen molar-refractivity contribution in [2.24, 2.45) is 0 Å². The van der Waals surface area contributed by atoms with Crippen LogP contribution in [0.2, 0.25) is 0 Å². The molecule has 1 aromatic heterocycles. The van der Waals surface area contributed by atoms with Gasteiger partial charge in [0, 0.05) is 17.4 Å². The number of carbonyl (C=O) groups is 2. The number of benzene rings is 1. The number of hydrogen-bond acceptors (Lipinski definition) is 3. The van der Waals surface area contributed by atoms with Crippen molar-refractivity contribution in [2.75, 3.05) is 19.7 Å². The number of carbonyl (C=O) groups excluding carboxylic acids is 2. The maximum absolute atomic E-state index is 12.4. The van der Waals surface area contributed by atoms with Crippen LogP contribution in [0, 0.1) is 0 Å². The van der Waals surface area contributed by atoms with Crippen LogP contribution < -0.4 is 0 Å². The maximum atomic E-state index is 12.4. The average molecular weight is 274 g/mol. The minimum absolute atomic E-state index is 0.0292. The Morgan fingerprint density at radius 1 is 1.25 bits per heavy atom. The number of para-hydroxylation sites is 1. The van der Waals surface area contributed by atoms with E-state index in [2.05, 4.69) is 4.98 Å². The van der Waals surface area contributed by atoms with Gasteiger partial charge in [-0.2, -0.15) is 0 Å². The van der Waals surface area contributed by atoms with Crippen molar-refractivity contribution in [3.63, 3.8) is 0 Å². The number of esters is 1. The molecule has 1 N–H and O–H groups in total. The first kappa shape index (κ1) is 14.1. The van der Waals surface area contributed by atoms with Crippen molar-refractivity contribution >= 4 is 22.8 Å². The van der Waals surface area contributed by atoms with Gasteiger partial charge < -0.3 is 14.6 Å². The molecule has 2 aromatic rings. The summed E-state index contributed by atoms with van der Waals surface area (Å²) in [6.45, 7) is 4.32. The highest BCUT2D eigenvalue weighted by molar-refractivity contribution is 5.99. The molecule has 2 rings (SSSR count). The van der Waals surface area contributed by atoms with E-state index in [-0.39, 0.29) is 18.4 Å². The highest BCUT2D eigenvalue weighted by Gasteiger charge is 2.19. The van der Waals surface area contributed by atoms with E-state index in [0.29, 0.717) is 18.8 Å². The number of ether oxygens (including phenoxy) is 1. The second-order valence-corrected chi connectivity index (χ2v) is 4.39. The summed E-state index contributed by atoms with van der Waals surface area (Å²) in [5.41, 5.74) is 1.39. The monoisotopic (exact) mass is 274 g/mol. The normalized spacial score (nSPS) is 10.5. The lowest BCUT2D eigenvalue weighted by atomic mass is 10.2. The lowest BCUT2D eigenvalue weighted by Gasteiger charge is -2.18. The summed E-state index contributed by atoms with van der Waals surface area (Å²) in [4.78, 5) is 28.4. The molecule has 20 heavy (non-hydrogen) atoms. The van der Waals surface area contributed by atoms with Crippen molar-refractivity contribution < 1.29 is 14.3 Å². The summed E-state index contributed by atoms with van der Waals surface area (Å²) in [5.74, 6) is -0.587. The molecule has 0 aliphatic carbocycles. The summed E-state index contributed by atoms with van der Waals surface area (Å²) in [7, 11) is 0. The predicted octanol–water partition coefficient (Wildman–Crippen LogP) is 2.19. The van der Waals surface area contributed by atoms with Crippen molar-refractivity contribution in [1.29, 1.82) is 0 Å². The third kappa shape index (κ3) is 2.99. The van der Waals surface area contributed by atoms with Crippen LogP contribution in [-0.2, 0) is 9.53 Å². The van der Waals surface area contributed by atoms with Gasteiger partial charge in [0.25, 0.3) is 5.91 Å². The number of H-pyrrole nitrogens is 1. The van der Waals surface area contributed by atoms with E-state index in [4.69, 9.17) is 4.74 Å². The quantitative estimate of drug-likeness (QED) is 0.850. The molecule has 1 aromatic carbocycles. The Hall–Kier alpha value is -2.30. The molecule has 1 heterocycles.